The molecule has 3 rings (SSSR count). The molecule has 3 aromatic carbocycles. The maximum Gasteiger partial charge on any atom is 0.244 e. The number of carbonyl (C=O) groups excluding carboxylic acids is 2. The Kier molecular flexibility index (Phi) is 10.7. The van der Waals surface area contributed by atoms with Gasteiger partial charge in [0, 0.05) is 34.6 Å². The van der Waals surface area contributed by atoms with Crippen molar-refractivity contribution in [3.63, 3.8) is 0 Å². The molecule has 0 bridgehead atoms. The lowest BCUT2D eigenvalue weighted by Gasteiger charge is -2.34. The van der Waals surface area contributed by atoms with E-state index in [1.807, 2.05) is 30.3 Å². The molecule has 0 aliphatic carbocycles. The van der Waals surface area contributed by atoms with E-state index in [0.717, 1.165) is 16.1 Å². The van der Waals surface area contributed by atoms with Crippen molar-refractivity contribution in [1.29, 1.82) is 0 Å². The summed E-state index contributed by atoms with van der Waals surface area (Å²) < 4.78 is 26.8. The number of carbonyl (C=O) groups is 2. The molecule has 2 amide bonds. The van der Waals surface area contributed by atoms with Crippen molar-refractivity contribution in [3.05, 3.63) is 98.5 Å². The van der Waals surface area contributed by atoms with E-state index in [9.17, 15) is 18.0 Å². The highest BCUT2D eigenvalue weighted by Gasteiger charge is 2.33. The summed E-state index contributed by atoms with van der Waals surface area (Å²) in [6.45, 7) is 3.28. The van der Waals surface area contributed by atoms with E-state index in [2.05, 4.69) is 5.32 Å². The van der Waals surface area contributed by atoms with Gasteiger partial charge in [0.1, 0.15) is 12.6 Å². The molecule has 0 spiro atoms. The summed E-state index contributed by atoms with van der Waals surface area (Å²) in [5, 5.41) is 3.99. The largest absolute Gasteiger partial charge is 0.355 e. The van der Waals surface area contributed by atoms with Crippen LogP contribution in [0.4, 0.5) is 5.69 Å². The highest BCUT2D eigenvalue weighted by Crippen LogP contribution is 2.27. The van der Waals surface area contributed by atoms with Crippen LogP contribution in [0.25, 0.3) is 0 Å². The van der Waals surface area contributed by atoms with E-state index in [1.54, 1.807) is 50.2 Å². The Labute approximate surface area is 244 Å². The predicted octanol–water partition coefficient (Wildman–Crippen LogP) is 5.50. The minimum absolute atomic E-state index is 0.0410. The molecule has 0 unspecified atom stereocenters. The Bertz CT molecular complexity index is 1440. The maximum atomic E-state index is 14.0. The predicted molar refractivity (Wildman–Crippen MR) is 158 cm³/mol. The molecule has 208 valence electrons. The summed E-state index contributed by atoms with van der Waals surface area (Å²) in [6, 6.07) is 18.0. The molecule has 0 heterocycles. The molecule has 0 radical (unpaired) electrons. The third-order valence-corrected chi connectivity index (χ3v) is 8.03. The molecule has 0 saturated heterocycles. The molecular formula is C28H30Cl3N3O4S. The van der Waals surface area contributed by atoms with Gasteiger partial charge in [-0.15, -0.1) is 0 Å². The first-order valence-electron chi connectivity index (χ1n) is 12.2. The number of nitrogens with zero attached hydrogens (tertiary/aromatic N) is 2. The van der Waals surface area contributed by atoms with Crippen molar-refractivity contribution in [2.45, 2.75) is 32.9 Å². The van der Waals surface area contributed by atoms with Crippen molar-refractivity contribution in [3.8, 4) is 0 Å². The Morgan fingerprint density at radius 2 is 1.59 bits per heavy atom. The zero-order valence-corrected chi connectivity index (χ0v) is 24.9. The Hall–Kier alpha value is -2.78. The van der Waals surface area contributed by atoms with Crippen LogP contribution < -0.4 is 9.62 Å². The molecule has 39 heavy (non-hydrogen) atoms. The van der Waals surface area contributed by atoms with Gasteiger partial charge < -0.3 is 10.2 Å². The second-order valence-corrected chi connectivity index (χ2v) is 12.2. The molecule has 1 N–H and O–H groups in total. The number of amides is 2. The second kappa shape index (κ2) is 13.5. The van der Waals surface area contributed by atoms with E-state index < -0.39 is 28.5 Å². The minimum Gasteiger partial charge on any atom is -0.355 e. The lowest BCUT2D eigenvalue weighted by atomic mass is 10.0. The van der Waals surface area contributed by atoms with Crippen LogP contribution >= 0.6 is 34.8 Å². The first kappa shape index (κ1) is 30.8. The fourth-order valence-electron chi connectivity index (χ4n) is 4.17. The van der Waals surface area contributed by atoms with Crippen LogP contribution in [0.2, 0.25) is 15.1 Å². The summed E-state index contributed by atoms with van der Waals surface area (Å²) in [6.07, 6.45) is 1.24. The fraction of sp³-hybridized carbons (Fsp3) is 0.286. The van der Waals surface area contributed by atoms with E-state index in [0.29, 0.717) is 38.4 Å². The number of benzene rings is 3. The first-order valence-corrected chi connectivity index (χ1v) is 15.2. The van der Waals surface area contributed by atoms with Gasteiger partial charge in [0.25, 0.3) is 0 Å². The fourth-order valence-corrected chi connectivity index (χ4v) is 5.77. The van der Waals surface area contributed by atoms with E-state index in [4.69, 9.17) is 34.8 Å². The van der Waals surface area contributed by atoms with Crippen molar-refractivity contribution >= 4 is 62.3 Å². The number of halogens is 3. The number of anilines is 1. The smallest absolute Gasteiger partial charge is 0.244 e. The van der Waals surface area contributed by atoms with Crippen LogP contribution in [0, 0.1) is 6.92 Å². The standard InChI is InChI=1S/C28H30Cl3N3O4S/c1-4-32-28(36)26(15-20-8-6-5-7-9-20)33(17-21-10-11-23(30)16-24(21)31)27(35)18-34(39(3,37)38)25-13-12-22(29)14-19(25)2/h5-14,16,26H,4,15,17-18H2,1-3H3,(H,32,36)/t26-/m0/s1. The molecular weight excluding hydrogens is 581 g/mol. The van der Waals surface area contributed by atoms with Crippen molar-refractivity contribution in [2.24, 2.45) is 0 Å². The molecule has 11 heteroatoms. The zero-order chi connectivity index (χ0) is 28.7. The van der Waals surface area contributed by atoms with Crippen LogP contribution in [-0.4, -0.2) is 50.5 Å². The van der Waals surface area contributed by atoms with Crippen LogP contribution in [0.3, 0.4) is 0 Å². The molecule has 3 aromatic rings. The van der Waals surface area contributed by atoms with Gasteiger partial charge in [-0.3, -0.25) is 13.9 Å². The van der Waals surface area contributed by atoms with Gasteiger partial charge in [-0.2, -0.15) is 0 Å². The van der Waals surface area contributed by atoms with Gasteiger partial charge in [0.2, 0.25) is 21.8 Å². The zero-order valence-electron chi connectivity index (χ0n) is 21.8. The van der Waals surface area contributed by atoms with Gasteiger partial charge >= 0.3 is 0 Å². The Morgan fingerprint density at radius 3 is 2.18 bits per heavy atom. The van der Waals surface area contributed by atoms with Crippen LogP contribution in [0.15, 0.2) is 66.7 Å². The molecule has 0 aromatic heterocycles. The van der Waals surface area contributed by atoms with Crippen LogP contribution in [0.1, 0.15) is 23.6 Å². The number of likely N-dealkylation sites (N-methyl/N-ethyl adjacent to an activating group) is 1. The van der Waals surface area contributed by atoms with Gasteiger partial charge in [-0.1, -0.05) is 71.2 Å². The van der Waals surface area contributed by atoms with E-state index >= 15 is 0 Å². The van der Waals surface area contributed by atoms with Gasteiger partial charge in [-0.05, 0) is 60.9 Å². The normalized spacial score (nSPS) is 12.1. The molecule has 0 aliphatic heterocycles. The quantitative estimate of drug-likeness (QED) is 0.311. The number of sulfonamides is 1. The topological polar surface area (TPSA) is 86.8 Å². The summed E-state index contributed by atoms with van der Waals surface area (Å²) in [5.74, 6) is -0.943. The van der Waals surface area contributed by atoms with Gasteiger partial charge in [0.05, 0.1) is 11.9 Å². The van der Waals surface area contributed by atoms with E-state index in [1.165, 1.54) is 4.90 Å². The van der Waals surface area contributed by atoms with Crippen molar-refractivity contribution < 1.29 is 18.0 Å². The highest BCUT2D eigenvalue weighted by molar-refractivity contribution is 7.92. The number of nitrogens with one attached hydrogen (secondary N) is 1. The first-order chi connectivity index (χ1) is 18.4. The summed E-state index contributed by atoms with van der Waals surface area (Å²) >= 11 is 18.6. The summed E-state index contributed by atoms with van der Waals surface area (Å²) in [5.41, 5.74) is 2.29. The molecule has 0 saturated carbocycles. The minimum atomic E-state index is -3.88. The maximum absolute atomic E-state index is 14.0. The van der Waals surface area contributed by atoms with E-state index in [-0.39, 0.29) is 18.9 Å². The molecule has 1 atom stereocenters. The van der Waals surface area contributed by atoms with Crippen LogP contribution in [0.5, 0.6) is 0 Å². The third kappa shape index (κ3) is 8.35. The van der Waals surface area contributed by atoms with Crippen LogP contribution in [-0.2, 0) is 32.6 Å². The monoisotopic (exact) mass is 609 g/mol. The second-order valence-electron chi connectivity index (χ2n) is 9.06. The third-order valence-electron chi connectivity index (χ3n) is 6.08. The summed E-state index contributed by atoms with van der Waals surface area (Å²) in [4.78, 5) is 28.8. The lowest BCUT2D eigenvalue weighted by Crippen LogP contribution is -2.53. The summed E-state index contributed by atoms with van der Waals surface area (Å²) in [7, 11) is -3.88. The number of rotatable bonds is 11. The van der Waals surface area contributed by atoms with Crippen molar-refractivity contribution in [2.75, 3.05) is 23.7 Å². The number of hydrogen-bond acceptors (Lipinski definition) is 4. The number of hydrogen-bond donors (Lipinski definition) is 1. The van der Waals surface area contributed by atoms with Gasteiger partial charge in [-0.25, -0.2) is 8.42 Å². The Morgan fingerprint density at radius 1 is 0.949 bits per heavy atom. The Balaban J connectivity index is 2.08. The molecule has 0 fully saturated rings. The highest BCUT2D eigenvalue weighted by atomic mass is 35.5. The van der Waals surface area contributed by atoms with Crippen molar-refractivity contribution in [1.82, 2.24) is 10.2 Å². The lowest BCUT2D eigenvalue weighted by molar-refractivity contribution is -0.140. The average molecular weight is 611 g/mol. The average Bonchev–Trinajstić information content (AvgIpc) is 2.86. The molecule has 0 aliphatic rings. The number of aryl methyl sites for hydroxylation is 1. The SMILES string of the molecule is CCNC(=O)[C@H](Cc1ccccc1)N(Cc1ccc(Cl)cc1Cl)C(=O)CN(c1ccc(Cl)cc1C)S(C)(=O)=O. The molecule has 7 nitrogen and oxygen atoms in total. The van der Waals surface area contributed by atoms with Gasteiger partial charge in [0.15, 0.2) is 0 Å².